The Morgan fingerprint density at radius 1 is 0.894 bits per heavy atom. The van der Waals surface area contributed by atoms with Crippen LogP contribution in [-0.2, 0) is 11.8 Å². The number of anilines is 3. The molecule has 4 amide bonds. The predicted octanol–water partition coefficient (Wildman–Crippen LogP) is 3.87. The molecule has 12 nitrogen and oxygen atoms in total. The van der Waals surface area contributed by atoms with Gasteiger partial charge in [0.15, 0.2) is 5.82 Å². The van der Waals surface area contributed by atoms with E-state index in [0.717, 1.165) is 82.5 Å². The number of aryl methyl sites for hydroxylation is 1. The van der Waals surface area contributed by atoms with E-state index in [1.165, 1.54) is 30.6 Å². The highest BCUT2D eigenvalue weighted by Gasteiger charge is 2.29. The van der Waals surface area contributed by atoms with Crippen LogP contribution < -0.4 is 30.9 Å². The standard InChI is InChI=1S/C35H49N9O3/c1-3-4-5-6-16-36-38-34(46)27-7-9-28(10-8-27)43-22-20-41(21-23-43)25-26-13-17-42(18-14-26)29-11-12-30-31(24-29)40(2)39-33(30)44-19-15-32(45)37-35(44)47/h7-12,24,26,36H,3-6,13-23,25H2,1-2H3,(H,38,46)(H,37,45,47). The SMILES string of the molecule is CCCCCCNNC(=O)c1ccc(N2CCN(CC3CCN(c4ccc5c(N6CCC(=O)NC6=O)nn(C)c5c4)CC3)CC2)cc1. The van der Waals surface area contributed by atoms with E-state index in [-0.39, 0.29) is 18.2 Å². The minimum absolute atomic E-state index is 0.0856. The van der Waals surface area contributed by atoms with Gasteiger partial charge in [-0.15, -0.1) is 0 Å². The Kier molecular flexibility index (Phi) is 10.6. The van der Waals surface area contributed by atoms with Gasteiger partial charge in [0.2, 0.25) is 5.91 Å². The van der Waals surface area contributed by atoms with Gasteiger partial charge in [-0.1, -0.05) is 26.2 Å². The van der Waals surface area contributed by atoms with Crippen molar-refractivity contribution in [1.29, 1.82) is 0 Å². The highest BCUT2D eigenvalue weighted by Crippen LogP contribution is 2.32. The van der Waals surface area contributed by atoms with E-state index < -0.39 is 6.03 Å². The number of unbranched alkanes of at least 4 members (excludes halogenated alkanes) is 3. The summed E-state index contributed by atoms with van der Waals surface area (Å²) in [6.45, 7) is 10.6. The van der Waals surface area contributed by atoms with Gasteiger partial charge in [-0.25, -0.2) is 10.2 Å². The van der Waals surface area contributed by atoms with Gasteiger partial charge in [0, 0.05) is 94.7 Å². The third-order valence-corrected chi connectivity index (χ3v) is 9.85. The third-order valence-electron chi connectivity index (χ3n) is 9.85. The number of rotatable bonds is 12. The van der Waals surface area contributed by atoms with E-state index in [4.69, 9.17) is 0 Å². The number of amides is 4. The first-order valence-corrected chi connectivity index (χ1v) is 17.3. The third kappa shape index (κ3) is 7.87. The van der Waals surface area contributed by atoms with Crippen molar-refractivity contribution in [2.45, 2.75) is 51.9 Å². The number of fused-ring (bicyclic) bond motifs is 1. The van der Waals surface area contributed by atoms with Gasteiger partial charge < -0.3 is 9.80 Å². The zero-order valence-corrected chi connectivity index (χ0v) is 27.8. The average Bonchev–Trinajstić information content (AvgIpc) is 3.42. The number of carbonyl (C=O) groups excluding carboxylic acids is 3. The highest BCUT2D eigenvalue weighted by atomic mass is 16.2. The van der Waals surface area contributed by atoms with Gasteiger partial charge in [0.1, 0.15) is 0 Å². The number of nitrogens with one attached hydrogen (secondary N) is 3. The van der Waals surface area contributed by atoms with Gasteiger partial charge >= 0.3 is 6.03 Å². The second-order valence-corrected chi connectivity index (χ2v) is 13.1. The molecule has 3 fully saturated rings. The van der Waals surface area contributed by atoms with E-state index in [1.54, 1.807) is 4.90 Å². The van der Waals surface area contributed by atoms with Crippen LogP contribution in [0.3, 0.4) is 0 Å². The summed E-state index contributed by atoms with van der Waals surface area (Å²) in [7, 11) is 1.90. The number of urea groups is 1. The number of hydrazine groups is 1. The minimum Gasteiger partial charge on any atom is -0.371 e. The summed E-state index contributed by atoms with van der Waals surface area (Å²) >= 11 is 0. The second-order valence-electron chi connectivity index (χ2n) is 13.1. The molecule has 0 unspecified atom stereocenters. The summed E-state index contributed by atoms with van der Waals surface area (Å²) in [6.07, 6.45) is 7.29. The van der Waals surface area contributed by atoms with Crippen LogP contribution >= 0.6 is 0 Å². The molecule has 0 saturated carbocycles. The molecule has 6 rings (SSSR count). The lowest BCUT2D eigenvalue weighted by Crippen LogP contribution is -2.49. The minimum atomic E-state index is -0.412. The molecule has 0 bridgehead atoms. The fraction of sp³-hybridized carbons (Fsp3) is 0.543. The number of piperidine rings is 1. The quantitative estimate of drug-likeness (QED) is 0.201. The largest absolute Gasteiger partial charge is 0.371 e. The molecule has 0 atom stereocenters. The molecule has 12 heteroatoms. The predicted molar refractivity (Wildman–Crippen MR) is 186 cm³/mol. The van der Waals surface area contributed by atoms with Crippen LogP contribution in [0.15, 0.2) is 42.5 Å². The molecule has 3 saturated heterocycles. The van der Waals surface area contributed by atoms with Crippen LogP contribution in [0, 0.1) is 5.92 Å². The van der Waals surface area contributed by atoms with Crippen LogP contribution in [0.2, 0.25) is 0 Å². The maximum absolute atomic E-state index is 12.5. The van der Waals surface area contributed by atoms with Crippen LogP contribution in [0.1, 0.15) is 62.2 Å². The fourth-order valence-corrected chi connectivity index (χ4v) is 7.00. The summed E-state index contributed by atoms with van der Waals surface area (Å²) in [4.78, 5) is 45.6. The van der Waals surface area contributed by atoms with Crippen LogP contribution in [0.25, 0.3) is 10.9 Å². The van der Waals surface area contributed by atoms with E-state index in [2.05, 4.69) is 73.2 Å². The lowest BCUT2D eigenvalue weighted by Gasteiger charge is -2.40. The molecular formula is C35H49N9O3. The van der Waals surface area contributed by atoms with Crippen molar-refractivity contribution >= 4 is 45.9 Å². The van der Waals surface area contributed by atoms with Crippen LogP contribution in [-0.4, -0.2) is 91.4 Å². The van der Waals surface area contributed by atoms with Crippen molar-refractivity contribution in [1.82, 2.24) is 30.8 Å². The first-order valence-electron chi connectivity index (χ1n) is 17.3. The summed E-state index contributed by atoms with van der Waals surface area (Å²) in [5.41, 5.74) is 9.87. The molecule has 1 aromatic heterocycles. The maximum Gasteiger partial charge on any atom is 0.329 e. The molecule has 3 aromatic rings. The molecule has 3 aliphatic rings. The Morgan fingerprint density at radius 2 is 1.62 bits per heavy atom. The lowest BCUT2D eigenvalue weighted by atomic mass is 9.95. The first-order chi connectivity index (χ1) is 22.9. The number of piperazine rings is 1. The molecular weight excluding hydrogens is 594 g/mol. The van der Waals surface area contributed by atoms with Gasteiger partial charge in [0.05, 0.1) is 5.52 Å². The van der Waals surface area contributed by atoms with E-state index in [1.807, 2.05) is 23.9 Å². The van der Waals surface area contributed by atoms with Gasteiger partial charge in [0.25, 0.3) is 5.91 Å². The highest BCUT2D eigenvalue weighted by molar-refractivity contribution is 6.09. The Balaban J connectivity index is 0.939. The Bertz CT molecular complexity index is 1540. The number of aromatic nitrogens is 2. The van der Waals surface area contributed by atoms with Gasteiger partial charge in [-0.2, -0.15) is 5.10 Å². The fourth-order valence-electron chi connectivity index (χ4n) is 7.00. The number of carbonyl (C=O) groups is 3. The molecule has 3 aliphatic heterocycles. The number of benzene rings is 2. The Morgan fingerprint density at radius 3 is 2.34 bits per heavy atom. The number of hydrogen-bond donors (Lipinski definition) is 3. The van der Waals surface area contributed by atoms with Crippen LogP contribution in [0.5, 0.6) is 0 Å². The Labute approximate surface area is 277 Å². The topological polar surface area (TPSA) is 118 Å². The maximum atomic E-state index is 12.5. The molecule has 47 heavy (non-hydrogen) atoms. The summed E-state index contributed by atoms with van der Waals surface area (Å²) in [5, 5.41) is 7.94. The zero-order valence-electron chi connectivity index (χ0n) is 27.8. The average molecular weight is 644 g/mol. The molecule has 0 spiro atoms. The van der Waals surface area contributed by atoms with Crippen LogP contribution in [0.4, 0.5) is 22.0 Å². The summed E-state index contributed by atoms with van der Waals surface area (Å²) in [6, 6.07) is 13.9. The number of nitrogens with zero attached hydrogens (tertiary/aromatic N) is 6. The molecule has 0 aliphatic carbocycles. The number of hydrogen-bond acceptors (Lipinski definition) is 8. The molecule has 0 radical (unpaired) electrons. The van der Waals surface area contributed by atoms with E-state index in [0.29, 0.717) is 23.8 Å². The van der Waals surface area contributed by atoms with Crippen molar-refractivity contribution < 1.29 is 14.4 Å². The van der Waals surface area contributed by atoms with Crippen molar-refractivity contribution in [2.24, 2.45) is 13.0 Å². The van der Waals surface area contributed by atoms with Crippen molar-refractivity contribution in [3.63, 3.8) is 0 Å². The Hall–Kier alpha value is -4.16. The molecule has 2 aromatic carbocycles. The zero-order chi connectivity index (χ0) is 32.8. The molecule has 252 valence electrons. The van der Waals surface area contributed by atoms with E-state index in [9.17, 15) is 14.4 Å². The second kappa shape index (κ2) is 15.2. The van der Waals surface area contributed by atoms with Gasteiger partial charge in [-0.3, -0.25) is 34.8 Å². The van der Waals surface area contributed by atoms with Crippen molar-refractivity contribution in [2.75, 3.05) is 73.6 Å². The van der Waals surface area contributed by atoms with Gasteiger partial charge in [-0.05, 0) is 67.6 Å². The normalized spacial score (nSPS) is 18.2. The molecule has 3 N–H and O–H groups in total. The van der Waals surface area contributed by atoms with Crippen molar-refractivity contribution in [3.8, 4) is 0 Å². The smallest absolute Gasteiger partial charge is 0.329 e. The molecule has 4 heterocycles. The monoisotopic (exact) mass is 643 g/mol. The number of imide groups is 1. The van der Waals surface area contributed by atoms with Crippen molar-refractivity contribution in [3.05, 3.63) is 48.0 Å². The lowest BCUT2D eigenvalue weighted by molar-refractivity contribution is -0.120. The summed E-state index contributed by atoms with van der Waals surface area (Å²) in [5.74, 6) is 0.949. The first kappa shape index (κ1) is 32.8. The summed E-state index contributed by atoms with van der Waals surface area (Å²) < 4.78 is 1.82. The van der Waals surface area contributed by atoms with E-state index >= 15 is 0 Å².